The lowest BCUT2D eigenvalue weighted by molar-refractivity contribution is -0.131. The molecule has 1 amide bonds. The molecule has 104 valence electrons. The highest BCUT2D eigenvalue weighted by Crippen LogP contribution is 2.21. The SMILES string of the molecule is CN(C)C1CCN(C(=O)C(CN)c2ccccc2)C1. The second kappa shape index (κ2) is 6.17. The van der Waals surface area contributed by atoms with Gasteiger partial charge in [0, 0.05) is 25.7 Å². The number of likely N-dealkylation sites (tertiary alicyclic amines) is 1. The monoisotopic (exact) mass is 261 g/mol. The van der Waals surface area contributed by atoms with E-state index >= 15 is 0 Å². The standard InChI is InChI=1S/C15H23N3O/c1-17(2)13-8-9-18(11-13)15(19)14(10-16)12-6-4-3-5-7-12/h3-7,13-14H,8-11,16H2,1-2H3. The molecule has 0 bridgehead atoms. The first-order valence-corrected chi connectivity index (χ1v) is 6.83. The Morgan fingerprint density at radius 2 is 2.11 bits per heavy atom. The molecular formula is C15H23N3O. The number of carbonyl (C=O) groups is 1. The van der Waals surface area contributed by atoms with Crippen molar-refractivity contribution in [3.05, 3.63) is 35.9 Å². The van der Waals surface area contributed by atoms with E-state index in [1.54, 1.807) is 0 Å². The van der Waals surface area contributed by atoms with Crippen LogP contribution in [0.3, 0.4) is 0 Å². The number of hydrogen-bond donors (Lipinski definition) is 1. The first-order valence-electron chi connectivity index (χ1n) is 6.83. The predicted octanol–water partition coefficient (Wildman–Crippen LogP) is 0.891. The third-order valence-electron chi connectivity index (χ3n) is 3.94. The molecule has 19 heavy (non-hydrogen) atoms. The fraction of sp³-hybridized carbons (Fsp3) is 0.533. The molecule has 4 heteroatoms. The van der Waals surface area contributed by atoms with Crippen molar-refractivity contribution in [2.75, 3.05) is 33.7 Å². The molecule has 1 aliphatic rings. The number of benzene rings is 1. The molecule has 2 rings (SSSR count). The smallest absolute Gasteiger partial charge is 0.231 e. The number of nitrogens with zero attached hydrogens (tertiary/aromatic N) is 2. The average molecular weight is 261 g/mol. The first-order chi connectivity index (χ1) is 9.13. The minimum Gasteiger partial charge on any atom is -0.340 e. The van der Waals surface area contributed by atoms with Gasteiger partial charge in [-0.3, -0.25) is 4.79 Å². The summed E-state index contributed by atoms with van der Waals surface area (Å²) >= 11 is 0. The van der Waals surface area contributed by atoms with Gasteiger partial charge in [-0.25, -0.2) is 0 Å². The molecule has 1 aromatic carbocycles. The fourth-order valence-corrected chi connectivity index (χ4v) is 2.65. The number of likely N-dealkylation sites (N-methyl/N-ethyl adjacent to an activating group) is 1. The van der Waals surface area contributed by atoms with Gasteiger partial charge in [-0.05, 0) is 26.1 Å². The summed E-state index contributed by atoms with van der Waals surface area (Å²) in [6.45, 7) is 2.02. The third-order valence-corrected chi connectivity index (χ3v) is 3.94. The molecule has 0 aromatic heterocycles. The summed E-state index contributed by atoms with van der Waals surface area (Å²) in [6, 6.07) is 10.3. The third kappa shape index (κ3) is 3.14. The van der Waals surface area contributed by atoms with Crippen LogP contribution >= 0.6 is 0 Å². The molecular weight excluding hydrogens is 238 g/mol. The molecule has 2 unspecified atom stereocenters. The van der Waals surface area contributed by atoms with Crippen molar-refractivity contribution in [2.24, 2.45) is 5.73 Å². The Kier molecular flexibility index (Phi) is 4.56. The average Bonchev–Trinajstić information content (AvgIpc) is 2.90. The summed E-state index contributed by atoms with van der Waals surface area (Å²) in [7, 11) is 4.13. The summed E-state index contributed by atoms with van der Waals surface area (Å²) in [5.74, 6) is -0.0415. The molecule has 2 atom stereocenters. The lowest BCUT2D eigenvalue weighted by Gasteiger charge is -2.24. The Morgan fingerprint density at radius 1 is 1.42 bits per heavy atom. The van der Waals surface area contributed by atoms with Crippen LogP contribution in [0.25, 0.3) is 0 Å². The summed E-state index contributed by atoms with van der Waals surface area (Å²) < 4.78 is 0. The maximum atomic E-state index is 12.6. The Bertz CT molecular complexity index is 419. The molecule has 1 aromatic rings. The zero-order valence-corrected chi connectivity index (χ0v) is 11.7. The van der Waals surface area contributed by atoms with Crippen LogP contribution < -0.4 is 5.73 Å². The summed E-state index contributed by atoms with van der Waals surface area (Å²) in [5.41, 5.74) is 6.83. The second-order valence-corrected chi connectivity index (χ2v) is 5.39. The van der Waals surface area contributed by atoms with Crippen molar-refractivity contribution in [3.8, 4) is 0 Å². The fourth-order valence-electron chi connectivity index (χ4n) is 2.65. The van der Waals surface area contributed by atoms with Gasteiger partial charge in [0.2, 0.25) is 5.91 Å². The van der Waals surface area contributed by atoms with Crippen molar-refractivity contribution >= 4 is 5.91 Å². The number of carbonyl (C=O) groups excluding carboxylic acids is 1. The highest BCUT2D eigenvalue weighted by molar-refractivity contribution is 5.84. The van der Waals surface area contributed by atoms with Crippen molar-refractivity contribution in [1.82, 2.24) is 9.80 Å². The van der Waals surface area contributed by atoms with E-state index in [4.69, 9.17) is 5.73 Å². The van der Waals surface area contributed by atoms with Crippen molar-refractivity contribution in [1.29, 1.82) is 0 Å². The molecule has 1 fully saturated rings. The van der Waals surface area contributed by atoms with Gasteiger partial charge in [0.25, 0.3) is 0 Å². The zero-order valence-electron chi connectivity index (χ0n) is 11.7. The maximum absolute atomic E-state index is 12.6. The Labute approximate surface area is 115 Å². The molecule has 0 radical (unpaired) electrons. The largest absolute Gasteiger partial charge is 0.340 e. The molecule has 1 aliphatic heterocycles. The number of amides is 1. The van der Waals surface area contributed by atoms with Gasteiger partial charge in [-0.2, -0.15) is 0 Å². The highest BCUT2D eigenvalue weighted by atomic mass is 16.2. The normalized spacial score (nSPS) is 20.8. The maximum Gasteiger partial charge on any atom is 0.231 e. The lowest BCUT2D eigenvalue weighted by atomic mass is 9.98. The second-order valence-electron chi connectivity index (χ2n) is 5.39. The van der Waals surface area contributed by atoms with Gasteiger partial charge in [0.1, 0.15) is 0 Å². The van der Waals surface area contributed by atoms with Crippen LogP contribution in [0.15, 0.2) is 30.3 Å². The van der Waals surface area contributed by atoms with Crippen LogP contribution in [0.5, 0.6) is 0 Å². The number of rotatable bonds is 4. The van der Waals surface area contributed by atoms with E-state index in [1.165, 1.54) is 0 Å². The van der Waals surface area contributed by atoms with E-state index in [2.05, 4.69) is 19.0 Å². The van der Waals surface area contributed by atoms with Crippen LogP contribution in [0.2, 0.25) is 0 Å². The minimum absolute atomic E-state index is 0.165. The van der Waals surface area contributed by atoms with Crippen molar-refractivity contribution in [3.63, 3.8) is 0 Å². The summed E-state index contributed by atoms with van der Waals surface area (Å²) in [5, 5.41) is 0. The van der Waals surface area contributed by atoms with E-state index < -0.39 is 0 Å². The molecule has 1 heterocycles. The van der Waals surface area contributed by atoms with Crippen molar-refractivity contribution < 1.29 is 4.79 Å². The Balaban J connectivity index is 2.06. The van der Waals surface area contributed by atoms with Crippen molar-refractivity contribution in [2.45, 2.75) is 18.4 Å². The quantitative estimate of drug-likeness (QED) is 0.876. The van der Waals surface area contributed by atoms with Gasteiger partial charge >= 0.3 is 0 Å². The van der Waals surface area contributed by atoms with E-state index in [9.17, 15) is 4.79 Å². The summed E-state index contributed by atoms with van der Waals surface area (Å²) in [6.07, 6.45) is 1.05. The molecule has 0 saturated carbocycles. The minimum atomic E-state index is -0.206. The van der Waals surface area contributed by atoms with Crippen LogP contribution in [-0.4, -0.2) is 55.5 Å². The molecule has 4 nitrogen and oxygen atoms in total. The molecule has 1 saturated heterocycles. The zero-order chi connectivity index (χ0) is 13.8. The molecule has 0 spiro atoms. The topological polar surface area (TPSA) is 49.6 Å². The van der Waals surface area contributed by atoms with E-state index in [0.717, 1.165) is 25.1 Å². The summed E-state index contributed by atoms with van der Waals surface area (Å²) in [4.78, 5) is 16.7. The molecule has 0 aliphatic carbocycles. The first kappa shape index (κ1) is 14.0. The lowest BCUT2D eigenvalue weighted by Crippen LogP contribution is -2.39. The van der Waals surface area contributed by atoms with Crippen LogP contribution in [0.4, 0.5) is 0 Å². The van der Waals surface area contributed by atoms with Gasteiger partial charge in [0.05, 0.1) is 5.92 Å². The Hall–Kier alpha value is -1.39. The van der Waals surface area contributed by atoms with Gasteiger partial charge < -0.3 is 15.5 Å². The van der Waals surface area contributed by atoms with Gasteiger partial charge in [0.15, 0.2) is 0 Å². The van der Waals surface area contributed by atoms with Crippen LogP contribution in [0, 0.1) is 0 Å². The van der Waals surface area contributed by atoms with E-state index in [1.807, 2.05) is 35.2 Å². The van der Waals surface area contributed by atoms with Gasteiger partial charge in [-0.1, -0.05) is 30.3 Å². The number of nitrogens with two attached hydrogens (primary N) is 1. The van der Waals surface area contributed by atoms with Crippen LogP contribution in [0.1, 0.15) is 17.9 Å². The van der Waals surface area contributed by atoms with Crippen LogP contribution in [-0.2, 0) is 4.79 Å². The van der Waals surface area contributed by atoms with E-state index in [-0.39, 0.29) is 11.8 Å². The Morgan fingerprint density at radius 3 is 2.63 bits per heavy atom. The molecule has 2 N–H and O–H groups in total. The van der Waals surface area contributed by atoms with Gasteiger partial charge in [-0.15, -0.1) is 0 Å². The highest BCUT2D eigenvalue weighted by Gasteiger charge is 2.31. The number of hydrogen-bond acceptors (Lipinski definition) is 3. The van der Waals surface area contributed by atoms with E-state index in [0.29, 0.717) is 12.6 Å². The predicted molar refractivity (Wildman–Crippen MR) is 76.9 cm³/mol.